The normalized spacial score (nSPS) is 16.7. The van der Waals surface area contributed by atoms with Gasteiger partial charge in [0.2, 0.25) is 0 Å². The summed E-state index contributed by atoms with van der Waals surface area (Å²) in [6.45, 7) is 5.64. The maximum atomic E-state index is 12.6. The summed E-state index contributed by atoms with van der Waals surface area (Å²) >= 11 is 1.81. The number of carbonyl (C=O) groups is 1. The Morgan fingerprint density at radius 2 is 1.68 bits per heavy atom. The number of thioether (sulfide) groups is 1. The Labute approximate surface area is 189 Å². The molecule has 1 amide bonds. The minimum absolute atomic E-state index is 0.0652. The summed E-state index contributed by atoms with van der Waals surface area (Å²) < 4.78 is 0. The summed E-state index contributed by atoms with van der Waals surface area (Å²) in [7, 11) is 0. The van der Waals surface area contributed by atoms with Crippen molar-refractivity contribution in [2.75, 3.05) is 18.4 Å². The second-order valence-electron chi connectivity index (χ2n) is 8.43. The Kier molecular flexibility index (Phi) is 7.44. The van der Waals surface area contributed by atoms with Crippen LogP contribution in [0.25, 0.3) is 0 Å². The number of rotatable bonds is 7. The number of hydrogen-bond acceptors (Lipinski definition) is 3. The molecule has 1 N–H and O–H groups in total. The molecular weight excluding hydrogens is 400 g/mol. The van der Waals surface area contributed by atoms with Gasteiger partial charge in [0.1, 0.15) is 0 Å². The van der Waals surface area contributed by atoms with Crippen LogP contribution in [0.1, 0.15) is 41.3 Å². The number of benzene rings is 3. The van der Waals surface area contributed by atoms with Gasteiger partial charge in [-0.25, -0.2) is 0 Å². The third-order valence-electron chi connectivity index (χ3n) is 5.72. The predicted molar refractivity (Wildman–Crippen MR) is 131 cm³/mol. The molecule has 1 atom stereocenters. The molecule has 0 unspecified atom stereocenters. The molecule has 31 heavy (non-hydrogen) atoms. The Balaban J connectivity index is 1.28. The molecule has 0 spiro atoms. The van der Waals surface area contributed by atoms with Crippen LogP contribution in [0.4, 0.5) is 5.69 Å². The molecule has 3 aromatic rings. The molecule has 0 aromatic heterocycles. The highest BCUT2D eigenvalue weighted by Crippen LogP contribution is 2.23. The Hall–Kier alpha value is -2.56. The van der Waals surface area contributed by atoms with Crippen molar-refractivity contribution >= 4 is 23.4 Å². The van der Waals surface area contributed by atoms with Gasteiger partial charge in [-0.05, 0) is 72.8 Å². The molecule has 4 heteroatoms. The van der Waals surface area contributed by atoms with E-state index in [0.717, 1.165) is 23.9 Å². The van der Waals surface area contributed by atoms with Crippen molar-refractivity contribution < 1.29 is 4.79 Å². The number of piperidine rings is 1. The van der Waals surface area contributed by atoms with Crippen LogP contribution in [0.3, 0.4) is 0 Å². The van der Waals surface area contributed by atoms with Crippen LogP contribution in [0.2, 0.25) is 0 Å². The quantitative estimate of drug-likeness (QED) is 0.436. The first-order valence-corrected chi connectivity index (χ1v) is 12.0. The van der Waals surface area contributed by atoms with Gasteiger partial charge in [-0.2, -0.15) is 0 Å². The monoisotopic (exact) mass is 430 g/mol. The molecule has 1 heterocycles. The van der Waals surface area contributed by atoms with Gasteiger partial charge in [-0.3, -0.25) is 9.69 Å². The number of anilines is 1. The Bertz CT molecular complexity index is 970. The molecule has 0 aliphatic carbocycles. The molecule has 0 saturated carbocycles. The van der Waals surface area contributed by atoms with E-state index in [9.17, 15) is 4.79 Å². The number of nitrogens with zero attached hydrogens (tertiary/aromatic N) is 1. The minimum atomic E-state index is -0.0652. The summed E-state index contributed by atoms with van der Waals surface area (Å²) in [5, 5.41) is 3.01. The second kappa shape index (κ2) is 10.7. The van der Waals surface area contributed by atoms with E-state index in [1.54, 1.807) is 0 Å². The summed E-state index contributed by atoms with van der Waals surface area (Å²) in [4.78, 5) is 16.4. The van der Waals surface area contributed by atoms with Crippen LogP contribution >= 0.6 is 11.8 Å². The van der Waals surface area contributed by atoms with Gasteiger partial charge in [0, 0.05) is 35.0 Å². The number of nitrogens with one attached hydrogen (secondary N) is 1. The minimum Gasteiger partial charge on any atom is -0.322 e. The van der Waals surface area contributed by atoms with Gasteiger partial charge in [-0.15, -0.1) is 11.8 Å². The third kappa shape index (κ3) is 6.46. The second-order valence-corrected chi connectivity index (χ2v) is 9.48. The van der Waals surface area contributed by atoms with E-state index in [1.165, 1.54) is 42.0 Å². The summed E-state index contributed by atoms with van der Waals surface area (Å²) in [5.74, 6) is 1.63. The highest BCUT2D eigenvalue weighted by molar-refractivity contribution is 7.98. The van der Waals surface area contributed by atoms with Crippen molar-refractivity contribution in [3.05, 3.63) is 95.6 Å². The van der Waals surface area contributed by atoms with Crippen molar-refractivity contribution in [1.82, 2.24) is 4.90 Å². The number of likely N-dealkylation sites (tertiary alicyclic amines) is 1. The first kappa shape index (κ1) is 21.7. The Morgan fingerprint density at radius 3 is 2.39 bits per heavy atom. The standard InChI is InChI=1S/C27H30N2OS/c1-21-6-5-17-29(18-21)19-22-9-13-24(14-10-22)27(30)28-25-15-11-23(12-16-25)20-31-26-7-3-2-4-8-26/h2-4,7-16,21H,5-6,17-20H2,1H3,(H,28,30)/t21-/m1/s1. The fourth-order valence-electron chi connectivity index (χ4n) is 4.02. The number of amides is 1. The molecule has 4 rings (SSSR count). The van der Waals surface area contributed by atoms with Crippen molar-refractivity contribution in [2.45, 2.75) is 37.0 Å². The lowest BCUT2D eigenvalue weighted by atomic mass is 9.99. The van der Waals surface area contributed by atoms with Crippen LogP contribution in [-0.2, 0) is 12.3 Å². The smallest absolute Gasteiger partial charge is 0.255 e. The molecule has 1 fully saturated rings. The van der Waals surface area contributed by atoms with Crippen LogP contribution in [0.15, 0.2) is 83.8 Å². The first-order chi connectivity index (χ1) is 15.2. The van der Waals surface area contributed by atoms with Crippen LogP contribution in [0.5, 0.6) is 0 Å². The molecular formula is C27H30N2OS. The molecule has 160 valence electrons. The van der Waals surface area contributed by atoms with Gasteiger partial charge >= 0.3 is 0 Å². The van der Waals surface area contributed by atoms with E-state index in [0.29, 0.717) is 5.56 Å². The summed E-state index contributed by atoms with van der Waals surface area (Å²) in [5.41, 5.74) is 4.03. The number of hydrogen-bond donors (Lipinski definition) is 1. The molecule has 0 bridgehead atoms. The maximum absolute atomic E-state index is 12.6. The van der Waals surface area contributed by atoms with E-state index in [4.69, 9.17) is 0 Å². The zero-order chi connectivity index (χ0) is 21.5. The fraction of sp³-hybridized carbons (Fsp3) is 0.296. The summed E-state index contributed by atoms with van der Waals surface area (Å²) in [6.07, 6.45) is 2.62. The topological polar surface area (TPSA) is 32.3 Å². The van der Waals surface area contributed by atoms with Crippen LogP contribution < -0.4 is 5.32 Å². The van der Waals surface area contributed by atoms with Gasteiger partial charge < -0.3 is 5.32 Å². The van der Waals surface area contributed by atoms with Gasteiger partial charge in [0.15, 0.2) is 0 Å². The molecule has 0 radical (unpaired) electrons. The van der Waals surface area contributed by atoms with Gasteiger partial charge in [0.05, 0.1) is 0 Å². The Morgan fingerprint density at radius 1 is 0.968 bits per heavy atom. The van der Waals surface area contributed by atoms with Crippen molar-refractivity contribution in [2.24, 2.45) is 5.92 Å². The van der Waals surface area contributed by atoms with Crippen molar-refractivity contribution in [1.29, 1.82) is 0 Å². The first-order valence-electron chi connectivity index (χ1n) is 11.0. The SMILES string of the molecule is C[C@@H]1CCCN(Cc2ccc(C(=O)Nc3ccc(CSc4ccccc4)cc3)cc2)C1. The lowest BCUT2D eigenvalue weighted by Crippen LogP contribution is -2.33. The third-order valence-corrected chi connectivity index (χ3v) is 6.81. The van der Waals surface area contributed by atoms with Crippen molar-refractivity contribution in [3.63, 3.8) is 0 Å². The van der Waals surface area contributed by atoms with Gasteiger partial charge in [0.25, 0.3) is 5.91 Å². The highest BCUT2D eigenvalue weighted by atomic mass is 32.2. The fourth-order valence-corrected chi connectivity index (χ4v) is 4.90. The average Bonchev–Trinajstić information content (AvgIpc) is 2.80. The van der Waals surface area contributed by atoms with E-state index in [2.05, 4.69) is 65.7 Å². The largest absolute Gasteiger partial charge is 0.322 e. The van der Waals surface area contributed by atoms with E-state index in [-0.39, 0.29) is 5.91 Å². The average molecular weight is 431 g/mol. The summed E-state index contributed by atoms with van der Waals surface area (Å²) in [6, 6.07) is 26.5. The van der Waals surface area contributed by atoms with E-state index >= 15 is 0 Å². The van der Waals surface area contributed by atoms with E-state index in [1.807, 2.05) is 42.1 Å². The zero-order valence-electron chi connectivity index (χ0n) is 18.1. The molecule has 3 aromatic carbocycles. The number of carbonyl (C=O) groups excluding carboxylic acids is 1. The van der Waals surface area contributed by atoms with E-state index < -0.39 is 0 Å². The lowest BCUT2D eigenvalue weighted by Gasteiger charge is -2.30. The molecule has 1 aliphatic rings. The maximum Gasteiger partial charge on any atom is 0.255 e. The molecule has 1 saturated heterocycles. The molecule has 3 nitrogen and oxygen atoms in total. The predicted octanol–water partition coefficient (Wildman–Crippen LogP) is 6.46. The van der Waals surface area contributed by atoms with Crippen LogP contribution in [0, 0.1) is 5.92 Å². The zero-order valence-corrected chi connectivity index (χ0v) is 18.9. The van der Waals surface area contributed by atoms with Crippen molar-refractivity contribution in [3.8, 4) is 0 Å². The van der Waals surface area contributed by atoms with Gasteiger partial charge in [-0.1, -0.05) is 49.4 Å². The van der Waals surface area contributed by atoms with Crippen LogP contribution in [-0.4, -0.2) is 23.9 Å². The molecule has 1 aliphatic heterocycles. The highest BCUT2D eigenvalue weighted by Gasteiger charge is 2.16. The lowest BCUT2D eigenvalue weighted by molar-refractivity contribution is 0.102.